The normalized spacial score (nSPS) is 20.1. The fourth-order valence-electron chi connectivity index (χ4n) is 1.56. The number of rotatable bonds is 2. The second kappa shape index (κ2) is 5.28. The molecule has 4 nitrogen and oxygen atoms in total. The second-order valence-corrected chi connectivity index (χ2v) is 4.49. The van der Waals surface area contributed by atoms with Crippen molar-refractivity contribution in [2.75, 3.05) is 13.2 Å². The zero-order valence-corrected chi connectivity index (χ0v) is 10.2. The Hall–Kier alpha value is -1.12. The van der Waals surface area contributed by atoms with Crippen LogP contribution in [-0.2, 0) is 4.74 Å². The molecule has 0 amide bonds. The third kappa shape index (κ3) is 2.71. The van der Waals surface area contributed by atoms with E-state index in [0.29, 0.717) is 18.1 Å². The Kier molecular flexibility index (Phi) is 3.75. The van der Waals surface area contributed by atoms with Gasteiger partial charge in [-0.15, -0.1) is 0 Å². The highest BCUT2D eigenvalue weighted by molar-refractivity contribution is 9.10. The van der Waals surface area contributed by atoms with Crippen LogP contribution in [0.3, 0.4) is 0 Å². The Morgan fingerprint density at radius 3 is 3.19 bits per heavy atom. The summed E-state index contributed by atoms with van der Waals surface area (Å²) >= 11 is 3.27. The number of hydrogen-bond acceptors (Lipinski definition) is 4. The van der Waals surface area contributed by atoms with Gasteiger partial charge < -0.3 is 9.47 Å². The molecule has 0 radical (unpaired) electrons. The molecular weight excluding hydrogens is 272 g/mol. The van der Waals surface area contributed by atoms with Crippen LogP contribution in [0.4, 0.5) is 0 Å². The zero-order chi connectivity index (χ0) is 11.4. The summed E-state index contributed by atoms with van der Waals surface area (Å²) in [6, 6.07) is 3.77. The van der Waals surface area contributed by atoms with Crippen molar-refractivity contribution in [2.24, 2.45) is 0 Å². The van der Waals surface area contributed by atoms with Crippen LogP contribution in [0.2, 0.25) is 0 Å². The highest BCUT2D eigenvalue weighted by atomic mass is 79.9. The quantitative estimate of drug-likeness (QED) is 0.835. The molecule has 1 atom stereocenters. The monoisotopic (exact) mass is 282 g/mol. The third-order valence-electron chi connectivity index (χ3n) is 2.34. The van der Waals surface area contributed by atoms with E-state index < -0.39 is 0 Å². The van der Waals surface area contributed by atoms with E-state index >= 15 is 0 Å². The molecule has 16 heavy (non-hydrogen) atoms. The van der Waals surface area contributed by atoms with Crippen LogP contribution in [-0.4, -0.2) is 24.3 Å². The molecule has 5 heteroatoms. The highest BCUT2D eigenvalue weighted by Crippen LogP contribution is 2.22. The molecule has 2 heterocycles. The van der Waals surface area contributed by atoms with Crippen LogP contribution in [0.5, 0.6) is 5.88 Å². The van der Waals surface area contributed by atoms with Gasteiger partial charge in [0.15, 0.2) is 0 Å². The largest absolute Gasteiger partial charge is 0.471 e. The highest BCUT2D eigenvalue weighted by Gasteiger charge is 2.17. The summed E-state index contributed by atoms with van der Waals surface area (Å²) in [4.78, 5) is 4.10. The number of halogens is 1. The first kappa shape index (κ1) is 11.4. The predicted molar refractivity (Wildman–Crippen MR) is 61.1 cm³/mol. The number of aromatic nitrogens is 1. The lowest BCUT2D eigenvalue weighted by Crippen LogP contribution is -2.28. The summed E-state index contributed by atoms with van der Waals surface area (Å²) in [5.41, 5.74) is 0.444. The van der Waals surface area contributed by atoms with Crippen LogP contribution < -0.4 is 4.74 Å². The van der Waals surface area contributed by atoms with E-state index in [0.717, 1.165) is 23.9 Å². The minimum absolute atomic E-state index is 0.00882. The van der Waals surface area contributed by atoms with E-state index in [2.05, 4.69) is 27.0 Å². The van der Waals surface area contributed by atoms with E-state index in [1.54, 1.807) is 12.3 Å². The van der Waals surface area contributed by atoms with Gasteiger partial charge in [0.05, 0.1) is 6.61 Å². The minimum Gasteiger partial charge on any atom is -0.471 e. The van der Waals surface area contributed by atoms with Crippen LogP contribution in [0, 0.1) is 11.3 Å². The first-order valence-electron chi connectivity index (χ1n) is 5.09. The third-order valence-corrected chi connectivity index (χ3v) is 2.77. The second-order valence-electron chi connectivity index (χ2n) is 3.58. The maximum atomic E-state index is 8.95. The van der Waals surface area contributed by atoms with Crippen LogP contribution in [0.25, 0.3) is 0 Å². The van der Waals surface area contributed by atoms with Gasteiger partial charge in [-0.2, -0.15) is 5.26 Å². The molecule has 0 N–H and O–H groups in total. The molecule has 1 saturated heterocycles. The van der Waals surface area contributed by atoms with Crippen LogP contribution >= 0.6 is 15.9 Å². The Bertz CT molecular complexity index is 411. The zero-order valence-electron chi connectivity index (χ0n) is 8.65. The fourth-order valence-corrected chi connectivity index (χ4v) is 1.89. The number of nitriles is 1. The first-order valence-corrected chi connectivity index (χ1v) is 5.89. The van der Waals surface area contributed by atoms with Gasteiger partial charge in [-0.3, -0.25) is 0 Å². The summed E-state index contributed by atoms with van der Waals surface area (Å²) in [5, 5.41) is 8.95. The van der Waals surface area contributed by atoms with Crippen LogP contribution in [0.15, 0.2) is 16.7 Å². The van der Waals surface area contributed by atoms with Crippen molar-refractivity contribution in [3.63, 3.8) is 0 Å². The molecule has 2 rings (SSSR count). The van der Waals surface area contributed by atoms with Crippen LogP contribution in [0.1, 0.15) is 18.4 Å². The van der Waals surface area contributed by atoms with Crippen molar-refractivity contribution < 1.29 is 9.47 Å². The Morgan fingerprint density at radius 2 is 2.50 bits per heavy atom. The maximum absolute atomic E-state index is 8.95. The lowest BCUT2D eigenvalue weighted by molar-refractivity contribution is 0.00536. The molecule has 1 aromatic rings. The van der Waals surface area contributed by atoms with E-state index in [1.165, 1.54) is 0 Å². The van der Waals surface area contributed by atoms with Gasteiger partial charge in [0, 0.05) is 17.3 Å². The lowest BCUT2D eigenvalue weighted by Gasteiger charge is -2.22. The fraction of sp³-hybridized carbons (Fsp3) is 0.455. The minimum atomic E-state index is 0.00882. The summed E-state index contributed by atoms with van der Waals surface area (Å²) < 4.78 is 11.7. The molecule has 0 unspecified atom stereocenters. The van der Waals surface area contributed by atoms with Crippen molar-refractivity contribution in [1.29, 1.82) is 5.26 Å². The molecular formula is C11H11BrN2O2. The average Bonchev–Trinajstić information content (AvgIpc) is 2.33. The molecule has 0 spiro atoms. The molecule has 1 aromatic heterocycles. The van der Waals surface area contributed by atoms with E-state index in [1.807, 2.05) is 0 Å². The first-order chi connectivity index (χ1) is 7.79. The molecule has 0 aliphatic carbocycles. The maximum Gasteiger partial charge on any atom is 0.232 e. The summed E-state index contributed by atoms with van der Waals surface area (Å²) in [5.74, 6) is 0.390. The number of nitrogens with zero attached hydrogens (tertiary/aromatic N) is 2. The lowest BCUT2D eigenvalue weighted by atomic mass is 10.2. The van der Waals surface area contributed by atoms with Crippen molar-refractivity contribution >= 4 is 15.9 Å². The molecule has 0 aromatic carbocycles. The molecule has 0 saturated carbocycles. The van der Waals surface area contributed by atoms with E-state index in [4.69, 9.17) is 14.7 Å². The molecule has 84 valence electrons. The molecule has 1 aliphatic heterocycles. The number of ether oxygens (including phenoxy) is 2. The molecule has 1 aliphatic rings. The molecule has 0 bridgehead atoms. The van der Waals surface area contributed by atoms with Crippen molar-refractivity contribution in [3.8, 4) is 11.9 Å². The van der Waals surface area contributed by atoms with Gasteiger partial charge in [-0.25, -0.2) is 4.98 Å². The summed E-state index contributed by atoms with van der Waals surface area (Å²) in [6.45, 7) is 1.36. The Labute approximate surface area is 102 Å². The van der Waals surface area contributed by atoms with Gasteiger partial charge in [0.25, 0.3) is 0 Å². The number of hydrogen-bond donors (Lipinski definition) is 0. The summed E-state index contributed by atoms with van der Waals surface area (Å²) in [7, 11) is 0. The molecule has 1 fully saturated rings. The van der Waals surface area contributed by atoms with Gasteiger partial charge >= 0.3 is 0 Å². The van der Waals surface area contributed by atoms with E-state index in [9.17, 15) is 0 Å². The van der Waals surface area contributed by atoms with Crippen molar-refractivity contribution in [2.45, 2.75) is 18.9 Å². The SMILES string of the molecule is N#Cc1cc(Br)cnc1O[C@@H]1CCCOC1. The standard InChI is InChI=1S/C11H11BrN2O2/c12-9-4-8(5-13)11(14-6-9)16-10-2-1-3-15-7-10/h4,6,10H,1-3,7H2/t10-/m1/s1. The van der Waals surface area contributed by atoms with Crippen molar-refractivity contribution in [1.82, 2.24) is 4.98 Å². The Morgan fingerprint density at radius 1 is 1.62 bits per heavy atom. The Balaban J connectivity index is 2.11. The van der Waals surface area contributed by atoms with E-state index in [-0.39, 0.29) is 6.10 Å². The summed E-state index contributed by atoms with van der Waals surface area (Å²) in [6.07, 6.45) is 3.57. The predicted octanol–water partition coefficient (Wildman–Crippen LogP) is 2.27. The van der Waals surface area contributed by atoms with Crippen molar-refractivity contribution in [3.05, 3.63) is 22.3 Å². The van der Waals surface area contributed by atoms with Gasteiger partial charge in [0.2, 0.25) is 5.88 Å². The van der Waals surface area contributed by atoms with Gasteiger partial charge in [-0.1, -0.05) is 0 Å². The van der Waals surface area contributed by atoms with Gasteiger partial charge in [-0.05, 0) is 34.8 Å². The van der Waals surface area contributed by atoms with Gasteiger partial charge in [0.1, 0.15) is 17.7 Å². The smallest absolute Gasteiger partial charge is 0.232 e. The average molecular weight is 283 g/mol. The topological polar surface area (TPSA) is 55.1 Å². The number of pyridine rings is 1.